The summed E-state index contributed by atoms with van der Waals surface area (Å²) in [6, 6.07) is 22.6. The predicted octanol–water partition coefficient (Wildman–Crippen LogP) is 4.90. The third kappa shape index (κ3) is 4.83. The number of alkyl halides is 1. The lowest BCUT2D eigenvalue weighted by Gasteiger charge is -2.37. The highest BCUT2D eigenvalue weighted by atomic mass is 19.1. The third-order valence-corrected chi connectivity index (χ3v) is 10.6. The van der Waals surface area contributed by atoms with Crippen LogP contribution < -0.4 is 9.80 Å². The highest BCUT2D eigenvalue weighted by molar-refractivity contribution is 6.07. The van der Waals surface area contributed by atoms with Gasteiger partial charge in [-0.05, 0) is 55.2 Å². The van der Waals surface area contributed by atoms with Crippen LogP contribution >= 0.6 is 0 Å². The summed E-state index contributed by atoms with van der Waals surface area (Å²) in [5.41, 5.74) is 2.04. The summed E-state index contributed by atoms with van der Waals surface area (Å²) >= 11 is 0. The number of nitrogens with zero attached hydrogens (tertiary/aromatic N) is 3. The van der Waals surface area contributed by atoms with Crippen molar-refractivity contribution in [3.05, 3.63) is 95.1 Å². The highest BCUT2D eigenvalue weighted by Gasteiger charge is 2.66. The molecule has 5 atom stereocenters. The smallest absolute Gasteiger partial charge is 0.264 e. The van der Waals surface area contributed by atoms with Crippen LogP contribution in [-0.4, -0.2) is 58.7 Å². The number of β-lactam (4-membered cyclic amide) rings is 1. The molecule has 0 radical (unpaired) electrons. The molecule has 2 fully saturated rings. The Morgan fingerprint density at radius 3 is 2.37 bits per heavy atom. The van der Waals surface area contributed by atoms with Crippen LogP contribution in [0.2, 0.25) is 0 Å². The van der Waals surface area contributed by atoms with E-state index < -0.39 is 29.2 Å². The zero-order chi connectivity index (χ0) is 32.4. The summed E-state index contributed by atoms with van der Waals surface area (Å²) in [4.78, 5) is 45.6. The van der Waals surface area contributed by atoms with E-state index in [4.69, 9.17) is 4.74 Å². The third-order valence-electron chi connectivity index (χ3n) is 10.6. The summed E-state index contributed by atoms with van der Waals surface area (Å²) in [7, 11) is 0. The molecule has 0 unspecified atom stereocenters. The van der Waals surface area contributed by atoms with Crippen LogP contribution in [-0.2, 0) is 44.2 Å². The molecule has 0 aliphatic carbocycles. The van der Waals surface area contributed by atoms with Gasteiger partial charge in [-0.2, -0.15) is 0 Å². The van der Waals surface area contributed by atoms with Crippen LogP contribution in [0.5, 0.6) is 0 Å². The van der Waals surface area contributed by atoms with Crippen LogP contribution in [0.3, 0.4) is 0 Å². The maximum absolute atomic E-state index is 16.2. The van der Waals surface area contributed by atoms with Gasteiger partial charge >= 0.3 is 0 Å². The average molecular weight is 626 g/mol. The number of ether oxygens (including phenoxy) is 1. The van der Waals surface area contributed by atoms with E-state index in [9.17, 15) is 19.5 Å². The zero-order valence-corrected chi connectivity index (χ0v) is 26.5. The van der Waals surface area contributed by atoms with Crippen LogP contribution in [0.25, 0.3) is 0 Å². The number of rotatable bonds is 7. The first-order valence-corrected chi connectivity index (χ1v) is 16.2. The molecule has 8 nitrogen and oxygen atoms in total. The second kappa shape index (κ2) is 11.3. The Bertz CT molecular complexity index is 1690. The number of benzene rings is 3. The van der Waals surface area contributed by atoms with Gasteiger partial charge in [-0.15, -0.1) is 0 Å². The van der Waals surface area contributed by atoms with Crippen molar-refractivity contribution in [1.29, 1.82) is 0 Å². The molecule has 7 rings (SSSR count). The summed E-state index contributed by atoms with van der Waals surface area (Å²) in [6.07, 6.45) is 0.135. The van der Waals surface area contributed by atoms with Crippen molar-refractivity contribution < 1.29 is 28.6 Å². The minimum atomic E-state index is -1.74. The number of halogens is 1. The summed E-state index contributed by atoms with van der Waals surface area (Å²) in [6.45, 7) is 6.01. The lowest BCUT2D eigenvalue weighted by atomic mass is 9.71. The second-order valence-electron chi connectivity index (χ2n) is 13.7. The van der Waals surface area contributed by atoms with E-state index >= 15 is 4.39 Å². The van der Waals surface area contributed by atoms with Gasteiger partial charge in [-0.25, -0.2) is 4.39 Å². The van der Waals surface area contributed by atoms with Gasteiger partial charge in [0.15, 0.2) is 5.60 Å². The quantitative estimate of drug-likeness (QED) is 0.378. The first-order chi connectivity index (χ1) is 22.0. The molecule has 0 bridgehead atoms. The lowest BCUT2D eigenvalue weighted by molar-refractivity contribution is -0.151. The molecule has 46 heavy (non-hydrogen) atoms. The zero-order valence-electron chi connectivity index (χ0n) is 26.5. The molecule has 9 heteroatoms. The van der Waals surface area contributed by atoms with Crippen LogP contribution in [0, 0.1) is 11.8 Å². The summed E-state index contributed by atoms with van der Waals surface area (Å²) < 4.78 is 22.9. The van der Waals surface area contributed by atoms with E-state index in [-0.39, 0.29) is 43.3 Å². The van der Waals surface area contributed by atoms with Crippen molar-refractivity contribution >= 4 is 29.1 Å². The molecular formula is C37H40FN3O5. The van der Waals surface area contributed by atoms with Gasteiger partial charge in [0.25, 0.3) is 5.91 Å². The van der Waals surface area contributed by atoms with Crippen molar-refractivity contribution in [2.24, 2.45) is 11.8 Å². The number of aliphatic hydroxyl groups excluding tert-OH is 1. The highest BCUT2D eigenvalue weighted by Crippen LogP contribution is 2.58. The molecule has 0 saturated carbocycles. The average Bonchev–Trinajstić information content (AvgIpc) is 3.46. The number of anilines is 2. The minimum Gasteiger partial charge on any atom is -0.394 e. The lowest BCUT2D eigenvalue weighted by Crippen LogP contribution is -2.48. The molecule has 4 aliphatic rings. The standard InChI is InChI=1S/C37H40FN3O5/c1-23-34(36(2,3)38)31(19-33(44)40-21-26-9-5-4-8-25(26)18-28(40)22-42)46-37(23)29-10-6-7-11-30(29)41(35(37)45)20-24-12-14-27(15-13-24)39-17-16-32(39)43/h4-15,23,28,31,34,42H,16-22H2,1-3H3/t23-,28+,31+,34-,37+/m1/s1. The van der Waals surface area contributed by atoms with Gasteiger partial charge in [0.05, 0.1) is 37.4 Å². The maximum Gasteiger partial charge on any atom is 0.264 e. The van der Waals surface area contributed by atoms with Crippen LogP contribution in [0.4, 0.5) is 15.8 Å². The molecule has 0 aromatic heterocycles. The number of carbonyl (C=O) groups is 3. The van der Waals surface area contributed by atoms with Crippen molar-refractivity contribution in [1.82, 2.24) is 4.90 Å². The fourth-order valence-corrected chi connectivity index (χ4v) is 8.24. The Balaban J connectivity index is 1.18. The topological polar surface area (TPSA) is 90.4 Å². The van der Waals surface area contributed by atoms with Gasteiger partial charge in [-0.1, -0.05) is 61.5 Å². The molecule has 1 spiro atoms. The van der Waals surface area contributed by atoms with Crippen molar-refractivity contribution in [3.8, 4) is 0 Å². The molecule has 1 N–H and O–H groups in total. The number of carbonyl (C=O) groups excluding carboxylic acids is 3. The first-order valence-electron chi connectivity index (χ1n) is 16.2. The van der Waals surface area contributed by atoms with Gasteiger partial charge in [-0.3, -0.25) is 14.4 Å². The van der Waals surface area contributed by atoms with E-state index in [0.717, 1.165) is 22.4 Å². The maximum atomic E-state index is 16.2. The molecule has 2 saturated heterocycles. The van der Waals surface area contributed by atoms with E-state index in [1.54, 1.807) is 14.7 Å². The normalized spacial score (nSPS) is 27.2. The largest absolute Gasteiger partial charge is 0.394 e. The molecule has 4 aliphatic heterocycles. The fourth-order valence-electron chi connectivity index (χ4n) is 8.24. The number of amides is 3. The molecular weight excluding hydrogens is 585 g/mol. The van der Waals surface area contributed by atoms with Gasteiger partial charge in [0, 0.05) is 42.6 Å². The predicted molar refractivity (Wildman–Crippen MR) is 172 cm³/mol. The Hall–Kier alpha value is -4.08. The number of fused-ring (bicyclic) bond motifs is 3. The number of aliphatic hydroxyl groups is 1. The monoisotopic (exact) mass is 625 g/mol. The van der Waals surface area contributed by atoms with Gasteiger partial charge in [0.1, 0.15) is 5.67 Å². The van der Waals surface area contributed by atoms with E-state index in [1.807, 2.05) is 79.7 Å². The SMILES string of the molecule is C[C@@H]1[C@@H](C(C)(C)F)[C@H](CC(=O)N2Cc3ccccc3C[C@H]2CO)O[C@@]12C(=O)N(Cc1ccc(N3CCC3=O)cc1)c1ccccc12. The molecule has 3 amide bonds. The van der Waals surface area contributed by atoms with Crippen molar-refractivity contribution in [3.63, 3.8) is 0 Å². The van der Waals surface area contributed by atoms with Crippen LogP contribution in [0.15, 0.2) is 72.8 Å². The van der Waals surface area contributed by atoms with Gasteiger partial charge in [0.2, 0.25) is 11.8 Å². The second-order valence-corrected chi connectivity index (χ2v) is 13.7. The Morgan fingerprint density at radius 1 is 1.02 bits per heavy atom. The number of hydrogen-bond acceptors (Lipinski definition) is 5. The molecule has 4 heterocycles. The van der Waals surface area contributed by atoms with Crippen molar-refractivity contribution in [2.45, 2.75) is 76.5 Å². The number of para-hydroxylation sites is 1. The summed E-state index contributed by atoms with van der Waals surface area (Å²) in [5.74, 6) is -1.71. The Kier molecular flexibility index (Phi) is 7.52. The Labute approximate surface area is 268 Å². The minimum absolute atomic E-state index is 0.0982. The van der Waals surface area contributed by atoms with Crippen LogP contribution in [0.1, 0.15) is 55.9 Å². The first kappa shape index (κ1) is 30.6. The molecule has 3 aromatic rings. The Morgan fingerprint density at radius 2 is 1.72 bits per heavy atom. The van der Waals surface area contributed by atoms with E-state index in [2.05, 4.69) is 0 Å². The van der Waals surface area contributed by atoms with Gasteiger partial charge < -0.3 is 24.5 Å². The van der Waals surface area contributed by atoms with E-state index in [1.165, 1.54) is 13.8 Å². The number of hydrogen-bond donors (Lipinski definition) is 1. The van der Waals surface area contributed by atoms with Crippen molar-refractivity contribution in [2.75, 3.05) is 23.0 Å². The summed E-state index contributed by atoms with van der Waals surface area (Å²) in [5, 5.41) is 10.2. The van der Waals surface area contributed by atoms with E-state index in [0.29, 0.717) is 37.2 Å². The fraction of sp³-hybridized carbons (Fsp3) is 0.432. The molecule has 3 aromatic carbocycles. The molecule has 240 valence electrons.